The van der Waals surface area contributed by atoms with Crippen molar-refractivity contribution in [3.63, 3.8) is 0 Å². The molecule has 8 heteroatoms. The number of fused-ring (bicyclic) bond motifs is 1. The fourth-order valence-electron chi connectivity index (χ4n) is 3.78. The Bertz CT molecular complexity index is 1110. The van der Waals surface area contributed by atoms with E-state index in [0.29, 0.717) is 36.2 Å². The molecule has 2 heterocycles. The summed E-state index contributed by atoms with van der Waals surface area (Å²) in [6.07, 6.45) is 0. The molecule has 4 rings (SSSR count). The summed E-state index contributed by atoms with van der Waals surface area (Å²) in [5.74, 6) is 0.297. The van der Waals surface area contributed by atoms with Gasteiger partial charge >= 0.3 is 11.1 Å². The van der Waals surface area contributed by atoms with Gasteiger partial charge in [-0.15, -0.1) is 12.4 Å². The van der Waals surface area contributed by atoms with Crippen molar-refractivity contribution in [3.05, 3.63) is 80.4 Å². The number of benzene rings is 2. The normalized spacial score (nSPS) is 18.8. The molecular formula is C20H21ClN4O3. The number of rotatable bonds is 3. The van der Waals surface area contributed by atoms with Gasteiger partial charge in [0.1, 0.15) is 0 Å². The Morgan fingerprint density at radius 2 is 1.68 bits per heavy atom. The minimum Gasteiger partial charge on any atom is -0.338 e. The second-order valence-electron chi connectivity index (χ2n) is 6.89. The first kappa shape index (κ1) is 19.9. The van der Waals surface area contributed by atoms with Gasteiger partial charge in [0, 0.05) is 24.6 Å². The van der Waals surface area contributed by atoms with Crippen LogP contribution >= 0.6 is 12.4 Å². The number of hydrogen-bond donors (Lipinski definition) is 3. The molecule has 7 nitrogen and oxygen atoms in total. The number of nitrogens with one attached hydrogen (secondary N) is 2. The van der Waals surface area contributed by atoms with Crippen LogP contribution in [-0.4, -0.2) is 40.4 Å². The Labute approximate surface area is 167 Å². The standard InChI is InChI=1S/C20H20N4O3.ClH/c21-9-14-10-24(11-15(14)12-4-2-1-3-5-12)20(27)13-6-7-16-17(8-13)23-19(26)18(25)22-16;/h1-8,14-15H,9-11,21H2,(H,22,25)(H,23,26);1H/t14-,15+;/m1./s1. The maximum Gasteiger partial charge on any atom is 0.314 e. The van der Waals surface area contributed by atoms with E-state index in [0.717, 1.165) is 0 Å². The van der Waals surface area contributed by atoms with Crippen LogP contribution in [0, 0.1) is 5.92 Å². The van der Waals surface area contributed by atoms with Crippen LogP contribution in [0.5, 0.6) is 0 Å². The molecule has 3 aromatic rings. The van der Waals surface area contributed by atoms with Gasteiger partial charge in [-0.05, 0) is 36.2 Å². The molecule has 2 aromatic carbocycles. The summed E-state index contributed by atoms with van der Waals surface area (Å²) in [6, 6.07) is 15.0. The summed E-state index contributed by atoms with van der Waals surface area (Å²) in [5, 5.41) is 0. The lowest BCUT2D eigenvalue weighted by Gasteiger charge is -2.17. The summed E-state index contributed by atoms with van der Waals surface area (Å²) in [5.41, 5.74) is 7.08. The van der Waals surface area contributed by atoms with Crippen molar-refractivity contribution in [2.45, 2.75) is 5.92 Å². The number of carbonyl (C=O) groups is 1. The first-order valence-corrected chi connectivity index (χ1v) is 8.87. The number of likely N-dealkylation sites (tertiary alicyclic amines) is 1. The molecule has 1 saturated heterocycles. The van der Waals surface area contributed by atoms with Crippen molar-refractivity contribution >= 4 is 29.3 Å². The van der Waals surface area contributed by atoms with E-state index in [9.17, 15) is 14.4 Å². The Morgan fingerprint density at radius 1 is 1.00 bits per heavy atom. The van der Waals surface area contributed by atoms with E-state index in [1.807, 2.05) is 18.2 Å². The third-order valence-electron chi connectivity index (χ3n) is 5.23. The minimum absolute atomic E-state index is 0. The minimum atomic E-state index is -0.736. The Hall–Kier alpha value is -2.90. The summed E-state index contributed by atoms with van der Waals surface area (Å²) < 4.78 is 0. The second kappa shape index (κ2) is 8.00. The molecule has 146 valence electrons. The van der Waals surface area contributed by atoms with Gasteiger partial charge in [0.05, 0.1) is 11.0 Å². The Kier molecular flexibility index (Phi) is 5.67. The predicted octanol–water partition coefficient (Wildman–Crippen LogP) is 1.45. The number of nitrogens with two attached hydrogens (primary N) is 1. The maximum absolute atomic E-state index is 13.0. The number of hydrogen-bond acceptors (Lipinski definition) is 4. The molecule has 0 unspecified atom stereocenters. The highest BCUT2D eigenvalue weighted by atomic mass is 35.5. The number of nitrogens with zero attached hydrogens (tertiary/aromatic N) is 1. The molecule has 0 aliphatic carbocycles. The molecule has 1 aliphatic heterocycles. The molecule has 0 bridgehead atoms. The van der Waals surface area contributed by atoms with Crippen molar-refractivity contribution in [2.75, 3.05) is 19.6 Å². The third-order valence-corrected chi connectivity index (χ3v) is 5.23. The van der Waals surface area contributed by atoms with Crippen molar-refractivity contribution in [3.8, 4) is 0 Å². The van der Waals surface area contributed by atoms with E-state index < -0.39 is 11.1 Å². The third kappa shape index (κ3) is 3.58. The van der Waals surface area contributed by atoms with E-state index in [1.54, 1.807) is 23.1 Å². The monoisotopic (exact) mass is 400 g/mol. The molecule has 0 radical (unpaired) electrons. The average Bonchev–Trinajstić information content (AvgIpc) is 3.13. The maximum atomic E-state index is 13.0. The largest absolute Gasteiger partial charge is 0.338 e. The topological polar surface area (TPSA) is 112 Å². The van der Waals surface area contributed by atoms with E-state index >= 15 is 0 Å². The van der Waals surface area contributed by atoms with Gasteiger partial charge in [0.2, 0.25) is 0 Å². The van der Waals surface area contributed by atoms with E-state index in [-0.39, 0.29) is 30.2 Å². The lowest BCUT2D eigenvalue weighted by molar-refractivity contribution is 0.0786. The smallest absolute Gasteiger partial charge is 0.314 e. The van der Waals surface area contributed by atoms with Gasteiger partial charge in [0.15, 0.2) is 0 Å². The zero-order valence-electron chi connectivity index (χ0n) is 15.1. The lowest BCUT2D eigenvalue weighted by Crippen LogP contribution is -2.31. The molecule has 0 saturated carbocycles. The summed E-state index contributed by atoms with van der Waals surface area (Å²) in [7, 11) is 0. The highest BCUT2D eigenvalue weighted by Crippen LogP contribution is 2.32. The van der Waals surface area contributed by atoms with Crippen LogP contribution in [0.2, 0.25) is 0 Å². The van der Waals surface area contributed by atoms with Crippen molar-refractivity contribution < 1.29 is 4.79 Å². The predicted molar refractivity (Wildman–Crippen MR) is 110 cm³/mol. The van der Waals surface area contributed by atoms with Crippen molar-refractivity contribution in [1.82, 2.24) is 14.9 Å². The van der Waals surface area contributed by atoms with Crippen LogP contribution in [0.25, 0.3) is 11.0 Å². The fourth-order valence-corrected chi connectivity index (χ4v) is 3.78. The number of halogens is 1. The van der Waals surface area contributed by atoms with Crippen LogP contribution in [0.1, 0.15) is 21.8 Å². The number of carbonyl (C=O) groups excluding carboxylic acids is 1. The molecule has 28 heavy (non-hydrogen) atoms. The molecule has 2 atom stereocenters. The number of H-pyrrole nitrogens is 2. The van der Waals surface area contributed by atoms with Crippen LogP contribution in [-0.2, 0) is 0 Å². The van der Waals surface area contributed by atoms with E-state index in [4.69, 9.17) is 5.73 Å². The highest BCUT2D eigenvalue weighted by Gasteiger charge is 2.35. The fraction of sp³-hybridized carbons (Fsp3) is 0.250. The number of aromatic amines is 2. The van der Waals surface area contributed by atoms with Gasteiger partial charge in [-0.2, -0.15) is 0 Å². The number of aromatic nitrogens is 2. The molecule has 1 aliphatic rings. The molecule has 1 amide bonds. The molecule has 1 aromatic heterocycles. The van der Waals surface area contributed by atoms with Gasteiger partial charge < -0.3 is 20.6 Å². The van der Waals surface area contributed by atoms with Gasteiger partial charge in [0.25, 0.3) is 5.91 Å². The molecule has 1 fully saturated rings. The van der Waals surface area contributed by atoms with Crippen LogP contribution in [0.4, 0.5) is 0 Å². The summed E-state index contributed by atoms with van der Waals surface area (Å²) in [4.78, 5) is 42.8. The zero-order chi connectivity index (χ0) is 19.0. The van der Waals surface area contributed by atoms with Gasteiger partial charge in [-0.3, -0.25) is 14.4 Å². The highest BCUT2D eigenvalue weighted by molar-refractivity contribution is 5.97. The molecule has 0 spiro atoms. The number of amides is 1. The molecule has 4 N–H and O–H groups in total. The summed E-state index contributed by atoms with van der Waals surface area (Å²) in [6.45, 7) is 1.70. The Balaban J connectivity index is 0.00000225. The first-order valence-electron chi connectivity index (χ1n) is 8.87. The molecular weight excluding hydrogens is 380 g/mol. The van der Waals surface area contributed by atoms with Crippen LogP contribution in [0.3, 0.4) is 0 Å². The van der Waals surface area contributed by atoms with E-state index in [2.05, 4.69) is 22.1 Å². The zero-order valence-corrected chi connectivity index (χ0v) is 15.9. The SMILES string of the molecule is Cl.NC[C@@H]1CN(C(=O)c2ccc3[nH]c(=O)c(=O)[nH]c3c2)C[C@H]1c1ccccc1. The Morgan fingerprint density at radius 3 is 2.36 bits per heavy atom. The summed E-state index contributed by atoms with van der Waals surface area (Å²) >= 11 is 0. The van der Waals surface area contributed by atoms with Crippen LogP contribution < -0.4 is 16.9 Å². The van der Waals surface area contributed by atoms with Gasteiger partial charge in [-0.25, -0.2) is 0 Å². The van der Waals surface area contributed by atoms with Crippen LogP contribution in [0.15, 0.2) is 58.1 Å². The van der Waals surface area contributed by atoms with Crippen molar-refractivity contribution in [1.29, 1.82) is 0 Å². The lowest BCUT2D eigenvalue weighted by atomic mass is 9.89. The second-order valence-corrected chi connectivity index (χ2v) is 6.89. The van der Waals surface area contributed by atoms with Gasteiger partial charge in [-0.1, -0.05) is 30.3 Å². The quantitative estimate of drug-likeness (QED) is 0.577. The average molecular weight is 401 g/mol. The van der Waals surface area contributed by atoms with Crippen molar-refractivity contribution in [2.24, 2.45) is 11.7 Å². The van der Waals surface area contributed by atoms with E-state index in [1.165, 1.54) is 5.56 Å². The first-order chi connectivity index (χ1) is 13.1.